The summed E-state index contributed by atoms with van der Waals surface area (Å²) in [5, 5.41) is -0.165. The van der Waals surface area contributed by atoms with Crippen molar-refractivity contribution in [1.82, 2.24) is 0 Å². The van der Waals surface area contributed by atoms with Crippen LogP contribution in [0.2, 0.25) is 0 Å². The number of rotatable bonds is 3. The van der Waals surface area contributed by atoms with Crippen LogP contribution in [0.15, 0.2) is 46.9 Å². The maximum absolute atomic E-state index is 13.1. The molecule has 0 N–H and O–H groups in total. The molecule has 0 aromatic heterocycles. The number of alkyl halides is 1. The third-order valence-electron chi connectivity index (χ3n) is 2.80. The average molecular weight is 328 g/mol. The van der Waals surface area contributed by atoms with Crippen LogP contribution < -0.4 is 0 Å². The minimum Gasteiger partial charge on any atom is -0.207 e. The van der Waals surface area contributed by atoms with E-state index in [0.717, 1.165) is 15.6 Å². The molecular weight excluding hydrogens is 315 g/mol. The van der Waals surface area contributed by atoms with Crippen LogP contribution in [-0.4, -0.2) is 0 Å². The Morgan fingerprint density at radius 2 is 2.00 bits per heavy atom. The number of hydrogen-bond acceptors (Lipinski definition) is 0. The zero-order valence-corrected chi connectivity index (χ0v) is 12.3. The highest BCUT2D eigenvalue weighted by Crippen LogP contribution is 2.31. The smallest absolute Gasteiger partial charge is 0.123 e. The molecule has 2 rings (SSSR count). The Hall–Kier alpha value is -0.860. The lowest BCUT2D eigenvalue weighted by atomic mass is 10.0. The molecule has 3 heteroatoms. The molecule has 0 amide bonds. The van der Waals surface area contributed by atoms with Crippen molar-refractivity contribution in [2.45, 2.75) is 18.7 Å². The molecule has 1 unspecified atom stereocenters. The van der Waals surface area contributed by atoms with Crippen LogP contribution in [0.25, 0.3) is 0 Å². The van der Waals surface area contributed by atoms with Gasteiger partial charge in [-0.05, 0) is 48.2 Å². The summed E-state index contributed by atoms with van der Waals surface area (Å²) in [4.78, 5) is 0. The van der Waals surface area contributed by atoms with E-state index >= 15 is 0 Å². The van der Waals surface area contributed by atoms with E-state index in [1.54, 1.807) is 6.07 Å². The SMILES string of the molecule is Cc1ccc(C(Cl)Cc2cccc(F)c2)c(Br)c1. The summed E-state index contributed by atoms with van der Waals surface area (Å²) in [6.45, 7) is 2.03. The first-order valence-electron chi connectivity index (χ1n) is 5.71. The minimum absolute atomic E-state index is 0.165. The van der Waals surface area contributed by atoms with E-state index in [-0.39, 0.29) is 11.2 Å². The van der Waals surface area contributed by atoms with Crippen molar-refractivity contribution in [3.63, 3.8) is 0 Å². The average Bonchev–Trinajstić information content (AvgIpc) is 2.28. The van der Waals surface area contributed by atoms with Crippen LogP contribution in [0.4, 0.5) is 4.39 Å². The quantitative estimate of drug-likeness (QED) is 0.660. The van der Waals surface area contributed by atoms with Crippen LogP contribution >= 0.6 is 27.5 Å². The summed E-state index contributed by atoms with van der Waals surface area (Å²) >= 11 is 9.92. The van der Waals surface area contributed by atoms with Crippen molar-refractivity contribution >= 4 is 27.5 Å². The van der Waals surface area contributed by atoms with Gasteiger partial charge in [0.25, 0.3) is 0 Å². The Kier molecular flexibility index (Phi) is 4.41. The van der Waals surface area contributed by atoms with E-state index in [9.17, 15) is 4.39 Å². The molecule has 0 spiro atoms. The lowest BCUT2D eigenvalue weighted by Crippen LogP contribution is -1.97. The molecule has 0 radical (unpaired) electrons. The molecule has 94 valence electrons. The third kappa shape index (κ3) is 3.33. The van der Waals surface area contributed by atoms with Crippen LogP contribution in [0.3, 0.4) is 0 Å². The van der Waals surface area contributed by atoms with Crippen molar-refractivity contribution in [1.29, 1.82) is 0 Å². The van der Waals surface area contributed by atoms with E-state index in [1.165, 1.54) is 17.7 Å². The van der Waals surface area contributed by atoms with Gasteiger partial charge >= 0.3 is 0 Å². The van der Waals surface area contributed by atoms with Gasteiger partial charge in [-0.1, -0.05) is 40.2 Å². The van der Waals surface area contributed by atoms with Gasteiger partial charge in [-0.3, -0.25) is 0 Å². The second kappa shape index (κ2) is 5.85. The Morgan fingerprint density at radius 1 is 1.22 bits per heavy atom. The monoisotopic (exact) mass is 326 g/mol. The predicted octanol–water partition coefficient (Wildman–Crippen LogP) is 5.42. The molecule has 1 atom stereocenters. The Bertz CT molecular complexity index is 554. The zero-order valence-electron chi connectivity index (χ0n) is 9.96. The summed E-state index contributed by atoms with van der Waals surface area (Å²) in [5.41, 5.74) is 3.12. The largest absolute Gasteiger partial charge is 0.207 e. The van der Waals surface area contributed by atoms with Gasteiger partial charge in [0.05, 0.1) is 5.38 Å². The molecule has 2 aromatic carbocycles. The van der Waals surface area contributed by atoms with Gasteiger partial charge < -0.3 is 0 Å². The van der Waals surface area contributed by atoms with Crippen molar-refractivity contribution in [2.24, 2.45) is 0 Å². The molecule has 18 heavy (non-hydrogen) atoms. The van der Waals surface area contributed by atoms with Crippen molar-refractivity contribution in [2.75, 3.05) is 0 Å². The fraction of sp³-hybridized carbons (Fsp3) is 0.200. The maximum Gasteiger partial charge on any atom is 0.123 e. The lowest BCUT2D eigenvalue weighted by molar-refractivity contribution is 0.625. The van der Waals surface area contributed by atoms with E-state index in [2.05, 4.69) is 15.9 Å². The van der Waals surface area contributed by atoms with Gasteiger partial charge in [0.2, 0.25) is 0 Å². The molecule has 2 aromatic rings. The molecule has 0 bridgehead atoms. The molecule has 0 saturated carbocycles. The molecule has 0 aliphatic heterocycles. The van der Waals surface area contributed by atoms with Crippen LogP contribution in [0.5, 0.6) is 0 Å². The van der Waals surface area contributed by atoms with E-state index < -0.39 is 0 Å². The number of halogens is 3. The fourth-order valence-corrected chi connectivity index (χ4v) is 3.14. The first-order chi connectivity index (χ1) is 8.56. The molecule has 0 heterocycles. The normalized spacial score (nSPS) is 12.4. The molecule has 0 nitrogen and oxygen atoms in total. The first kappa shape index (κ1) is 13.6. The standard InChI is InChI=1S/C15H13BrClF/c1-10-5-6-13(14(16)7-10)15(17)9-11-3-2-4-12(18)8-11/h2-8,15H,9H2,1H3. The molecule has 0 aliphatic rings. The highest BCUT2D eigenvalue weighted by atomic mass is 79.9. The van der Waals surface area contributed by atoms with Crippen LogP contribution in [0, 0.1) is 12.7 Å². The number of aryl methyl sites for hydroxylation is 1. The fourth-order valence-electron chi connectivity index (χ4n) is 1.87. The molecule has 0 aliphatic carbocycles. The van der Waals surface area contributed by atoms with Gasteiger partial charge in [-0.25, -0.2) is 4.39 Å². The summed E-state index contributed by atoms with van der Waals surface area (Å²) in [5.74, 6) is -0.223. The zero-order chi connectivity index (χ0) is 13.1. The predicted molar refractivity (Wildman–Crippen MR) is 77.6 cm³/mol. The van der Waals surface area contributed by atoms with Gasteiger partial charge in [-0.15, -0.1) is 11.6 Å². The summed E-state index contributed by atoms with van der Waals surface area (Å²) in [6, 6.07) is 12.6. The van der Waals surface area contributed by atoms with Crippen molar-refractivity contribution in [3.8, 4) is 0 Å². The Balaban J connectivity index is 2.19. The van der Waals surface area contributed by atoms with Crippen LogP contribution in [0.1, 0.15) is 22.1 Å². The lowest BCUT2D eigenvalue weighted by Gasteiger charge is -2.12. The topological polar surface area (TPSA) is 0 Å². The van der Waals surface area contributed by atoms with E-state index in [4.69, 9.17) is 11.6 Å². The van der Waals surface area contributed by atoms with Gasteiger partial charge in [0.1, 0.15) is 5.82 Å². The summed E-state index contributed by atoms with van der Waals surface area (Å²) in [6.07, 6.45) is 0.612. The molecular formula is C15H13BrClF. The molecule has 0 fully saturated rings. The third-order valence-corrected chi connectivity index (χ3v) is 3.87. The summed E-state index contributed by atoms with van der Waals surface area (Å²) < 4.78 is 14.1. The van der Waals surface area contributed by atoms with E-state index in [0.29, 0.717) is 6.42 Å². The van der Waals surface area contributed by atoms with Crippen molar-refractivity contribution < 1.29 is 4.39 Å². The maximum atomic E-state index is 13.1. The number of hydrogen-bond donors (Lipinski definition) is 0. The second-order valence-electron chi connectivity index (χ2n) is 4.33. The second-order valence-corrected chi connectivity index (χ2v) is 5.71. The Labute approximate surface area is 120 Å². The van der Waals surface area contributed by atoms with Gasteiger partial charge in [0.15, 0.2) is 0 Å². The van der Waals surface area contributed by atoms with E-state index in [1.807, 2.05) is 31.2 Å². The van der Waals surface area contributed by atoms with Gasteiger partial charge in [0, 0.05) is 4.47 Å². The van der Waals surface area contributed by atoms with Gasteiger partial charge in [-0.2, -0.15) is 0 Å². The highest BCUT2D eigenvalue weighted by molar-refractivity contribution is 9.10. The minimum atomic E-state index is -0.223. The first-order valence-corrected chi connectivity index (χ1v) is 6.94. The van der Waals surface area contributed by atoms with Crippen LogP contribution in [-0.2, 0) is 6.42 Å². The highest BCUT2D eigenvalue weighted by Gasteiger charge is 2.12. The summed E-state index contributed by atoms with van der Waals surface area (Å²) in [7, 11) is 0. The van der Waals surface area contributed by atoms with Crippen molar-refractivity contribution in [3.05, 3.63) is 69.4 Å². The Morgan fingerprint density at radius 3 is 2.67 bits per heavy atom. The number of benzene rings is 2. The molecule has 0 saturated heterocycles.